The highest BCUT2D eigenvalue weighted by molar-refractivity contribution is 5.97. The SMILES string of the molecule is CNC(=O)NC(=O)[C@H](C)OC(=O)CC12C[C@@H]3C[C@H](CC(O)(C3)C1)C2. The Kier molecular flexibility index (Phi) is 4.32. The second-order valence-electron chi connectivity index (χ2n) is 8.06. The summed E-state index contributed by atoms with van der Waals surface area (Å²) in [5, 5.41) is 15.1. The quantitative estimate of drug-likeness (QED) is 0.666. The number of carbonyl (C=O) groups excluding carboxylic acids is 3. The maximum atomic E-state index is 12.3. The van der Waals surface area contributed by atoms with Gasteiger partial charge in [0.2, 0.25) is 0 Å². The van der Waals surface area contributed by atoms with Gasteiger partial charge in [-0.05, 0) is 62.7 Å². The van der Waals surface area contributed by atoms with Gasteiger partial charge in [-0.1, -0.05) is 0 Å². The molecular weight excluding hydrogens is 312 g/mol. The molecule has 134 valence electrons. The van der Waals surface area contributed by atoms with Crippen LogP contribution in [0.3, 0.4) is 0 Å². The van der Waals surface area contributed by atoms with Crippen molar-refractivity contribution in [1.29, 1.82) is 0 Å². The van der Waals surface area contributed by atoms with E-state index in [1.54, 1.807) is 0 Å². The molecule has 24 heavy (non-hydrogen) atoms. The van der Waals surface area contributed by atoms with Crippen LogP contribution in [-0.2, 0) is 14.3 Å². The number of hydrogen-bond donors (Lipinski definition) is 3. The molecule has 0 unspecified atom stereocenters. The van der Waals surface area contributed by atoms with Crippen LogP contribution < -0.4 is 10.6 Å². The van der Waals surface area contributed by atoms with Gasteiger partial charge in [0.15, 0.2) is 6.10 Å². The number of amides is 3. The summed E-state index contributed by atoms with van der Waals surface area (Å²) in [5.41, 5.74) is -0.806. The Bertz CT molecular complexity index is 547. The number of rotatable bonds is 4. The Morgan fingerprint density at radius 2 is 1.83 bits per heavy atom. The molecule has 3 N–H and O–H groups in total. The van der Waals surface area contributed by atoms with Crippen LogP contribution in [0.5, 0.6) is 0 Å². The molecule has 3 amide bonds. The van der Waals surface area contributed by atoms with E-state index in [0.717, 1.165) is 32.1 Å². The number of aliphatic hydroxyl groups is 1. The third-order valence-electron chi connectivity index (χ3n) is 5.81. The highest BCUT2D eigenvalue weighted by atomic mass is 16.5. The number of carbonyl (C=O) groups is 3. The van der Waals surface area contributed by atoms with Gasteiger partial charge in [-0.25, -0.2) is 4.79 Å². The lowest BCUT2D eigenvalue weighted by atomic mass is 9.47. The molecule has 7 heteroatoms. The first kappa shape index (κ1) is 17.2. The van der Waals surface area contributed by atoms with Crippen LogP contribution in [0.2, 0.25) is 0 Å². The monoisotopic (exact) mass is 338 g/mol. The Morgan fingerprint density at radius 3 is 2.38 bits per heavy atom. The third kappa shape index (κ3) is 3.41. The summed E-state index contributed by atoms with van der Waals surface area (Å²) in [6.45, 7) is 1.45. The van der Waals surface area contributed by atoms with E-state index in [0.29, 0.717) is 18.3 Å². The summed E-state index contributed by atoms with van der Waals surface area (Å²) >= 11 is 0. The average Bonchev–Trinajstić information content (AvgIpc) is 2.43. The molecule has 0 aromatic rings. The summed E-state index contributed by atoms with van der Waals surface area (Å²) in [4.78, 5) is 35.2. The van der Waals surface area contributed by atoms with Crippen molar-refractivity contribution < 1.29 is 24.2 Å². The van der Waals surface area contributed by atoms with Crippen molar-refractivity contribution in [2.24, 2.45) is 17.3 Å². The maximum absolute atomic E-state index is 12.3. The van der Waals surface area contributed by atoms with E-state index < -0.39 is 29.6 Å². The van der Waals surface area contributed by atoms with Crippen molar-refractivity contribution in [3.63, 3.8) is 0 Å². The molecule has 4 aliphatic rings. The minimum atomic E-state index is -1.02. The Balaban J connectivity index is 1.57. The minimum Gasteiger partial charge on any atom is -0.453 e. The highest BCUT2D eigenvalue weighted by Crippen LogP contribution is 2.62. The molecule has 3 atom stereocenters. The van der Waals surface area contributed by atoms with Gasteiger partial charge in [0.05, 0.1) is 12.0 Å². The van der Waals surface area contributed by atoms with Crippen LogP contribution in [0.25, 0.3) is 0 Å². The number of esters is 1. The molecule has 4 bridgehead atoms. The fourth-order valence-electron chi connectivity index (χ4n) is 5.48. The number of ether oxygens (including phenoxy) is 1. The number of imide groups is 1. The molecule has 4 saturated carbocycles. The van der Waals surface area contributed by atoms with E-state index in [2.05, 4.69) is 10.6 Å². The second-order valence-corrected chi connectivity index (χ2v) is 8.06. The summed E-state index contributed by atoms with van der Waals surface area (Å²) in [6, 6.07) is -0.633. The molecule has 4 fully saturated rings. The third-order valence-corrected chi connectivity index (χ3v) is 5.81. The normalized spacial score (nSPS) is 37.6. The number of nitrogens with one attached hydrogen (secondary N) is 2. The first-order valence-electron chi connectivity index (χ1n) is 8.67. The van der Waals surface area contributed by atoms with Crippen LogP contribution in [-0.4, -0.2) is 41.8 Å². The van der Waals surface area contributed by atoms with Crippen molar-refractivity contribution in [3.05, 3.63) is 0 Å². The smallest absolute Gasteiger partial charge is 0.321 e. The van der Waals surface area contributed by atoms with Crippen LogP contribution in [0, 0.1) is 17.3 Å². The van der Waals surface area contributed by atoms with Crippen LogP contribution in [0.15, 0.2) is 0 Å². The molecule has 4 aliphatic carbocycles. The Labute approximate surface area is 141 Å². The lowest BCUT2D eigenvalue weighted by molar-refractivity contribution is -0.180. The van der Waals surface area contributed by atoms with E-state index in [-0.39, 0.29) is 11.8 Å². The molecule has 7 nitrogen and oxygen atoms in total. The predicted octanol–water partition coefficient (Wildman–Crippen LogP) is 1.10. The van der Waals surface area contributed by atoms with Gasteiger partial charge in [-0.3, -0.25) is 14.9 Å². The molecule has 0 heterocycles. The molecule has 4 rings (SSSR count). The van der Waals surface area contributed by atoms with Gasteiger partial charge in [-0.15, -0.1) is 0 Å². The Hall–Kier alpha value is -1.63. The zero-order valence-electron chi connectivity index (χ0n) is 14.3. The first-order chi connectivity index (χ1) is 11.2. The van der Waals surface area contributed by atoms with Crippen molar-refractivity contribution in [1.82, 2.24) is 10.6 Å². The zero-order chi connectivity index (χ0) is 17.5. The molecule has 0 aliphatic heterocycles. The van der Waals surface area contributed by atoms with E-state index in [1.807, 2.05) is 0 Å². The van der Waals surface area contributed by atoms with Crippen molar-refractivity contribution >= 4 is 17.9 Å². The zero-order valence-corrected chi connectivity index (χ0v) is 14.3. The van der Waals surface area contributed by atoms with Gasteiger partial charge in [-0.2, -0.15) is 0 Å². The van der Waals surface area contributed by atoms with Gasteiger partial charge in [0.25, 0.3) is 5.91 Å². The highest BCUT2D eigenvalue weighted by Gasteiger charge is 2.57. The van der Waals surface area contributed by atoms with Gasteiger partial charge < -0.3 is 15.2 Å². The maximum Gasteiger partial charge on any atom is 0.321 e. The number of urea groups is 1. The minimum absolute atomic E-state index is 0.188. The summed E-state index contributed by atoms with van der Waals surface area (Å²) in [5.74, 6) is -0.0806. The molecule has 0 spiro atoms. The lowest BCUT2D eigenvalue weighted by Crippen LogP contribution is -2.56. The van der Waals surface area contributed by atoms with Crippen LogP contribution in [0.4, 0.5) is 4.79 Å². The molecule has 0 aromatic carbocycles. The topological polar surface area (TPSA) is 105 Å². The fraction of sp³-hybridized carbons (Fsp3) is 0.824. The largest absolute Gasteiger partial charge is 0.453 e. The molecular formula is C17H26N2O5. The van der Waals surface area contributed by atoms with Crippen LogP contribution in [0.1, 0.15) is 51.9 Å². The van der Waals surface area contributed by atoms with Crippen molar-refractivity contribution in [2.75, 3.05) is 7.05 Å². The van der Waals surface area contributed by atoms with Crippen molar-refractivity contribution in [3.8, 4) is 0 Å². The fourth-order valence-corrected chi connectivity index (χ4v) is 5.48. The van der Waals surface area contributed by atoms with E-state index in [9.17, 15) is 19.5 Å². The average molecular weight is 338 g/mol. The van der Waals surface area contributed by atoms with E-state index in [4.69, 9.17) is 4.74 Å². The van der Waals surface area contributed by atoms with Gasteiger partial charge in [0.1, 0.15) is 0 Å². The van der Waals surface area contributed by atoms with Gasteiger partial charge in [0, 0.05) is 7.05 Å². The summed E-state index contributed by atoms with van der Waals surface area (Å²) in [7, 11) is 1.40. The second kappa shape index (κ2) is 6.02. The van der Waals surface area contributed by atoms with Crippen molar-refractivity contribution in [2.45, 2.75) is 63.6 Å². The summed E-state index contributed by atoms with van der Waals surface area (Å²) in [6.07, 6.45) is 4.65. The first-order valence-corrected chi connectivity index (χ1v) is 8.67. The standard InChI is InChI=1S/C17H26N2O5/c1-10(14(21)19-15(22)18-2)24-13(20)8-16-4-11-3-12(5-16)7-17(23,6-11)9-16/h10-12,23H,3-9H2,1-2H3,(H2,18,19,21,22)/t10-,11-,12-,16?,17?/m0/s1. The lowest BCUT2D eigenvalue weighted by Gasteiger charge is -2.60. The number of hydrogen-bond acceptors (Lipinski definition) is 5. The Morgan fingerprint density at radius 1 is 1.21 bits per heavy atom. The van der Waals surface area contributed by atoms with E-state index >= 15 is 0 Å². The molecule has 0 saturated heterocycles. The van der Waals surface area contributed by atoms with Crippen LogP contribution >= 0.6 is 0 Å². The molecule has 0 radical (unpaired) electrons. The summed E-state index contributed by atoms with van der Waals surface area (Å²) < 4.78 is 5.22. The van der Waals surface area contributed by atoms with Gasteiger partial charge >= 0.3 is 12.0 Å². The molecule has 0 aromatic heterocycles. The predicted molar refractivity (Wildman–Crippen MR) is 84.8 cm³/mol. The van der Waals surface area contributed by atoms with E-state index in [1.165, 1.54) is 14.0 Å².